The van der Waals surface area contributed by atoms with Gasteiger partial charge in [0.15, 0.2) is 0 Å². The highest BCUT2D eigenvalue weighted by Gasteiger charge is 2.28. The molecule has 0 aliphatic carbocycles. The highest BCUT2D eigenvalue weighted by atomic mass is 32.1. The Morgan fingerprint density at radius 3 is 2.27 bits per heavy atom. The van der Waals surface area contributed by atoms with Gasteiger partial charge in [-0.05, 0) is 11.1 Å². The van der Waals surface area contributed by atoms with Crippen molar-refractivity contribution in [1.82, 2.24) is 5.32 Å². The first-order chi connectivity index (χ1) is 10.8. The number of thiophene rings is 1. The van der Waals surface area contributed by atoms with Crippen LogP contribution in [0.3, 0.4) is 0 Å². The van der Waals surface area contributed by atoms with Gasteiger partial charge in [-0.15, -0.1) is 11.3 Å². The average molecular weight is 306 g/mol. The second-order valence-electron chi connectivity index (χ2n) is 5.18. The molecule has 0 saturated carbocycles. The predicted molar refractivity (Wildman–Crippen MR) is 90.0 cm³/mol. The smallest absolute Gasteiger partial charge is 0.256 e. The standard InChI is InChI=1S/C18H14N2OS/c21-17-15-14(12-7-3-1-4-8-12)11-22-18(15)20-16(19-17)13-9-5-2-6-10-13/h1-11,16,20H,(H,19,21)/t16-/m1/s1. The van der Waals surface area contributed by atoms with Crippen molar-refractivity contribution in [2.75, 3.05) is 5.32 Å². The number of carbonyl (C=O) groups excluding carboxylic acids is 1. The van der Waals surface area contributed by atoms with E-state index in [-0.39, 0.29) is 12.1 Å². The van der Waals surface area contributed by atoms with Gasteiger partial charge in [-0.25, -0.2) is 0 Å². The summed E-state index contributed by atoms with van der Waals surface area (Å²) in [5, 5.41) is 9.43. The normalized spacial score (nSPS) is 16.5. The Morgan fingerprint density at radius 2 is 1.55 bits per heavy atom. The maximum Gasteiger partial charge on any atom is 0.256 e. The fourth-order valence-corrected chi connectivity index (χ4v) is 3.70. The van der Waals surface area contributed by atoms with Crippen LogP contribution in [-0.4, -0.2) is 5.91 Å². The molecule has 0 spiro atoms. The molecular weight excluding hydrogens is 292 g/mol. The number of fused-ring (bicyclic) bond motifs is 1. The number of carbonyl (C=O) groups is 1. The summed E-state index contributed by atoms with van der Waals surface area (Å²) in [6, 6.07) is 19.9. The number of benzene rings is 2. The van der Waals surface area contributed by atoms with Gasteiger partial charge < -0.3 is 10.6 Å². The van der Waals surface area contributed by atoms with E-state index < -0.39 is 0 Å². The van der Waals surface area contributed by atoms with Crippen LogP contribution in [0.2, 0.25) is 0 Å². The molecule has 108 valence electrons. The molecule has 2 heterocycles. The summed E-state index contributed by atoms with van der Waals surface area (Å²) in [5.41, 5.74) is 3.84. The molecule has 2 N–H and O–H groups in total. The zero-order valence-electron chi connectivity index (χ0n) is 11.7. The second-order valence-corrected chi connectivity index (χ2v) is 6.06. The maximum absolute atomic E-state index is 12.6. The first-order valence-electron chi connectivity index (χ1n) is 7.12. The lowest BCUT2D eigenvalue weighted by molar-refractivity contribution is 0.0937. The van der Waals surface area contributed by atoms with E-state index >= 15 is 0 Å². The van der Waals surface area contributed by atoms with Crippen molar-refractivity contribution in [2.45, 2.75) is 6.17 Å². The molecule has 3 nitrogen and oxygen atoms in total. The van der Waals surface area contributed by atoms with Gasteiger partial charge in [-0.2, -0.15) is 0 Å². The lowest BCUT2D eigenvalue weighted by Crippen LogP contribution is -2.37. The molecule has 1 aromatic heterocycles. The number of hydrogen-bond acceptors (Lipinski definition) is 3. The van der Waals surface area contributed by atoms with Crippen LogP contribution < -0.4 is 10.6 Å². The third-order valence-electron chi connectivity index (χ3n) is 3.79. The molecule has 3 aromatic rings. The van der Waals surface area contributed by atoms with Gasteiger partial charge in [-0.3, -0.25) is 4.79 Å². The lowest BCUT2D eigenvalue weighted by atomic mass is 10.0. The Balaban J connectivity index is 1.73. The minimum Gasteiger partial charge on any atom is -0.353 e. The van der Waals surface area contributed by atoms with Gasteiger partial charge >= 0.3 is 0 Å². The van der Waals surface area contributed by atoms with Crippen LogP contribution in [0, 0.1) is 0 Å². The Kier molecular flexibility index (Phi) is 3.16. The van der Waals surface area contributed by atoms with E-state index in [2.05, 4.69) is 10.6 Å². The van der Waals surface area contributed by atoms with E-state index in [1.807, 2.05) is 66.0 Å². The van der Waals surface area contributed by atoms with Crippen molar-refractivity contribution in [3.8, 4) is 11.1 Å². The summed E-state index contributed by atoms with van der Waals surface area (Å²) in [5.74, 6) is -0.0253. The average Bonchev–Trinajstić information content (AvgIpc) is 3.01. The van der Waals surface area contributed by atoms with Crippen LogP contribution in [0.15, 0.2) is 66.0 Å². The van der Waals surface area contributed by atoms with E-state index in [4.69, 9.17) is 0 Å². The molecule has 1 atom stereocenters. The van der Waals surface area contributed by atoms with Crippen molar-refractivity contribution in [3.63, 3.8) is 0 Å². The lowest BCUT2D eigenvalue weighted by Gasteiger charge is -2.26. The third-order valence-corrected chi connectivity index (χ3v) is 4.70. The molecule has 22 heavy (non-hydrogen) atoms. The minimum absolute atomic E-state index is 0.0253. The van der Waals surface area contributed by atoms with Crippen molar-refractivity contribution in [2.24, 2.45) is 0 Å². The molecule has 1 aliphatic rings. The zero-order chi connectivity index (χ0) is 14.9. The van der Waals surface area contributed by atoms with Crippen LogP contribution in [0.25, 0.3) is 11.1 Å². The van der Waals surface area contributed by atoms with E-state index in [9.17, 15) is 4.79 Å². The van der Waals surface area contributed by atoms with Crippen LogP contribution in [0.1, 0.15) is 22.1 Å². The van der Waals surface area contributed by atoms with Crippen molar-refractivity contribution >= 4 is 22.2 Å². The van der Waals surface area contributed by atoms with Gasteiger partial charge in [-0.1, -0.05) is 60.7 Å². The topological polar surface area (TPSA) is 41.1 Å². The quantitative estimate of drug-likeness (QED) is 0.742. The predicted octanol–water partition coefficient (Wildman–Crippen LogP) is 4.27. The van der Waals surface area contributed by atoms with Gasteiger partial charge in [0.25, 0.3) is 5.91 Å². The fraction of sp³-hybridized carbons (Fsp3) is 0.0556. The van der Waals surface area contributed by atoms with E-state index in [1.165, 1.54) is 0 Å². The summed E-state index contributed by atoms with van der Waals surface area (Å²) < 4.78 is 0. The summed E-state index contributed by atoms with van der Waals surface area (Å²) >= 11 is 1.58. The first kappa shape index (κ1) is 13.1. The summed E-state index contributed by atoms with van der Waals surface area (Å²) in [6.07, 6.45) is -0.177. The van der Waals surface area contributed by atoms with Gasteiger partial charge in [0.05, 0.1) is 5.56 Å². The molecule has 0 saturated heterocycles. The minimum atomic E-state index is -0.177. The fourth-order valence-electron chi connectivity index (χ4n) is 2.70. The molecular formula is C18H14N2OS. The number of rotatable bonds is 2. The molecule has 4 rings (SSSR count). The molecule has 0 radical (unpaired) electrons. The van der Waals surface area contributed by atoms with Gasteiger partial charge in [0.2, 0.25) is 0 Å². The monoisotopic (exact) mass is 306 g/mol. The molecule has 0 unspecified atom stereocenters. The molecule has 1 amide bonds. The van der Waals surface area contributed by atoms with Crippen LogP contribution in [0.4, 0.5) is 5.00 Å². The number of anilines is 1. The Labute approximate surface area is 132 Å². The molecule has 4 heteroatoms. The van der Waals surface area contributed by atoms with Crippen LogP contribution in [-0.2, 0) is 0 Å². The van der Waals surface area contributed by atoms with E-state index in [1.54, 1.807) is 11.3 Å². The first-order valence-corrected chi connectivity index (χ1v) is 8.00. The van der Waals surface area contributed by atoms with Crippen molar-refractivity contribution < 1.29 is 4.79 Å². The van der Waals surface area contributed by atoms with Gasteiger partial charge in [0, 0.05) is 10.9 Å². The largest absolute Gasteiger partial charge is 0.353 e. The highest BCUT2D eigenvalue weighted by molar-refractivity contribution is 7.15. The van der Waals surface area contributed by atoms with Crippen molar-refractivity contribution in [3.05, 3.63) is 77.2 Å². The molecule has 0 fully saturated rings. The molecule has 2 aromatic carbocycles. The third kappa shape index (κ3) is 2.18. The van der Waals surface area contributed by atoms with Crippen molar-refractivity contribution in [1.29, 1.82) is 0 Å². The second kappa shape index (κ2) is 5.31. The SMILES string of the molecule is O=C1N[C@@H](c2ccccc2)Nc2scc(-c3ccccc3)c21. The Morgan fingerprint density at radius 1 is 0.864 bits per heavy atom. The zero-order valence-corrected chi connectivity index (χ0v) is 12.6. The summed E-state index contributed by atoms with van der Waals surface area (Å²) in [4.78, 5) is 12.6. The molecule has 1 aliphatic heterocycles. The van der Waals surface area contributed by atoms with Crippen LogP contribution >= 0.6 is 11.3 Å². The summed E-state index contributed by atoms with van der Waals surface area (Å²) in [7, 11) is 0. The summed E-state index contributed by atoms with van der Waals surface area (Å²) in [6.45, 7) is 0. The van der Waals surface area contributed by atoms with Crippen LogP contribution in [0.5, 0.6) is 0 Å². The Hall–Kier alpha value is -2.59. The maximum atomic E-state index is 12.6. The van der Waals surface area contributed by atoms with E-state index in [0.29, 0.717) is 0 Å². The molecule has 0 bridgehead atoms. The van der Waals surface area contributed by atoms with Gasteiger partial charge in [0.1, 0.15) is 11.2 Å². The Bertz CT molecular complexity index is 812. The highest BCUT2D eigenvalue weighted by Crippen LogP contribution is 2.39. The number of nitrogens with one attached hydrogen (secondary N) is 2. The number of amides is 1. The number of hydrogen-bond donors (Lipinski definition) is 2. The van der Waals surface area contributed by atoms with E-state index in [0.717, 1.165) is 27.3 Å².